The van der Waals surface area contributed by atoms with E-state index < -0.39 is 0 Å². The van der Waals surface area contributed by atoms with E-state index in [1.165, 1.54) is 51.0 Å². The molecule has 0 N–H and O–H groups in total. The van der Waals surface area contributed by atoms with E-state index in [9.17, 15) is 0 Å². The van der Waals surface area contributed by atoms with Crippen molar-refractivity contribution in [2.75, 3.05) is 26.2 Å². The van der Waals surface area contributed by atoms with Crippen LogP contribution in [0.25, 0.3) is 0 Å². The summed E-state index contributed by atoms with van der Waals surface area (Å²) in [5.41, 5.74) is 2.00. The Labute approximate surface area is 129 Å². The Bertz CT molecular complexity index is 517. The second-order valence-electron chi connectivity index (χ2n) is 5.84. The lowest BCUT2D eigenvalue weighted by atomic mass is 10.1. The smallest absolute Gasteiger partial charge is 0.0992 e. The van der Waals surface area contributed by atoms with Gasteiger partial charge in [0.05, 0.1) is 11.6 Å². The van der Waals surface area contributed by atoms with Gasteiger partial charge in [0.2, 0.25) is 0 Å². The molecule has 1 atom stereocenters. The lowest BCUT2D eigenvalue weighted by Crippen LogP contribution is -2.35. The summed E-state index contributed by atoms with van der Waals surface area (Å²) in [6.07, 6.45) is 4.04. The number of hydrogen-bond donors (Lipinski definition) is 0. The van der Waals surface area contributed by atoms with Crippen molar-refractivity contribution in [3.63, 3.8) is 0 Å². The molecule has 3 rings (SSSR count). The minimum atomic E-state index is 0.719. The van der Waals surface area contributed by atoms with Crippen LogP contribution in [0.4, 0.5) is 0 Å². The van der Waals surface area contributed by atoms with Crippen LogP contribution in [-0.4, -0.2) is 42.0 Å². The van der Waals surface area contributed by atoms with Gasteiger partial charge in [-0.05, 0) is 50.0 Å². The molecule has 20 heavy (non-hydrogen) atoms. The molecule has 106 valence electrons. The van der Waals surface area contributed by atoms with Crippen LogP contribution < -0.4 is 0 Å². The number of hydrogen-bond acceptors (Lipinski definition) is 3. The molecule has 0 aliphatic carbocycles. The molecule has 0 bridgehead atoms. The molecule has 2 aliphatic rings. The van der Waals surface area contributed by atoms with Crippen LogP contribution in [0.5, 0.6) is 0 Å². The van der Waals surface area contributed by atoms with Crippen LogP contribution >= 0.6 is 15.9 Å². The first-order chi connectivity index (χ1) is 9.76. The van der Waals surface area contributed by atoms with E-state index in [4.69, 9.17) is 5.26 Å². The lowest BCUT2D eigenvalue weighted by Gasteiger charge is -2.24. The number of nitrogens with zero attached hydrogens (tertiary/aromatic N) is 3. The molecule has 2 saturated heterocycles. The summed E-state index contributed by atoms with van der Waals surface area (Å²) in [4.78, 5) is 5.20. The number of nitriles is 1. The first-order valence-corrected chi connectivity index (χ1v) is 8.20. The topological polar surface area (TPSA) is 30.3 Å². The molecule has 2 heterocycles. The molecule has 0 amide bonds. The highest BCUT2D eigenvalue weighted by molar-refractivity contribution is 9.10. The monoisotopic (exact) mass is 333 g/mol. The van der Waals surface area contributed by atoms with Crippen molar-refractivity contribution in [2.24, 2.45) is 0 Å². The highest BCUT2D eigenvalue weighted by Gasteiger charge is 2.29. The summed E-state index contributed by atoms with van der Waals surface area (Å²) in [6.45, 7) is 5.94. The quantitative estimate of drug-likeness (QED) is 0.851. The van der Waals surface area contributed by atoms with Crippen LogP contribution in [0.1, 0.15) is 30.4 Å². The molecule has 3 nitrogen and oxygen atoms in total. The summed E-state index contributed by atoms with van der Waals surface area (Å²) in [6, 6.07) is 8.85. The second-order valence-corrected chi connectivity index (χ2v) is 6.69. The van der Waals surface area contributed by atoms with Gasteiger partial charge in [0.1, 0.15) is 0 Å². The van der Waals surface area contributed by atoms with Crippen LogP contribution in [0, 0.1) is 11.3 Å². The van der Waals surface area contributed by atoms with E-state index >= 15 is 0 Å². The van der Waals surface area contributed by atoms with Gasteiger partial charge in [-0.1, -0.05) is 22.0 Å². The van der Waals surface area contributed by atoms with Crippen molar-refractivity contribution >= 4 is 15.9 Å². The van der Waals surface area contributed by atoms with Crippen LogP contribution in [0.3, 0.4) is 0 Å². The van der Waals surface area contributed by atoms with E-state index in [-0.39, 0.29) is 0 Å². The van der Waals surface area contributed by atoms with E-state index in [2.05, 4.69) is 37.9 Å². The van der Waals surface area contributed by atoms with Crippen LogP contribution in [-0.2, 0) is 6.54 Å². The highest BCUT2D eigenvalue weighted by Crippen LogP contribution is 2.25. The third-order valence-corrected chi connectivity index (χ3v) is 5.22. The van der Waals surface area contributed by atoms with E-state index in [1.807, 2.05) is 12.1 Å². The standard InChI is InChI=1S/C16H20BrN3/c17-16-9-13(10-18)3-4-14(16)11-19-8-5-15(12-19)20-6-1-2-7-20/h3-4,9,15H,1-2,5-8,11-12H2/t15-/m1/s1. The molecular weight excluding hydrogens is 314 g/mol. The average molecular weight is 334 g/mol. The van der Waals surface area contributed by atoms with Gasteiger partial charge in [-0.2, -0.15) is 5.26 Å². The molecule has 0 radical (unpaired) electrons. The van der Waals surface area contributed by atoms with Gasteiger partial charge >= 0.3 is 0 Å². The predicted octanol–water partition coefficient (Wildman–Crippen LogP) is 2.99. The van der Waals surface area contributed by atoms with Crippen molar-refractivity contribution in [1.82, 2.24) is 9.80 Å². The fraction of sp³-hybridized carbons (Fsp3) is 0.562. The number of halogens is 1. The highest BCUT2D eigenvalue weighted by atomic mass is 79.9. The van der Waals surface area contributed by atoms with E-state index in [0.717, 1.165) is 22.6 Å². The molecule has 1 aromatic rings. The third-order valence-electron chi connectivity index (χ3n) is 4.48. The molecule has 0 aromatic heterocycles. The van der Waals surface area contributed by atoms with E-state index in [0.29, 0.717) is 0 Å². The average Bonchev–Trinajstić information content (AvgIpc) is 3.11. The van der Waals surface area contributed by atoms with Gasteiger partial charge in [0.25, 0.3) is 0 Å². The summed E-state index contributed by atoms with van der Waals surface area (Å²) in [5.74, 6) is 0. The van der Waals surface area contributed by atoms with Crippen molar-refractivity contribution < 1.29 is 0 Å². The maximum absolute atomic E-state index is 8.91. The summed E-state index contributed by atoms with van der Waals surface area (Å²) in [7, 11) is 0. The molecule has 0 unspecified atom stereocenters. The van der Waals surface area contributed by atoms with Crippen molar-refractivity contribution in [3.05, 3.63) is 33.8 Å². The Hall–Kier alpha value is -0.890. The molecule has 2 fully saturated rings. The fourth-order valence-electron chi connectivity index (χ4n) is 3.35. The van der Waals surface area contributed by atoms with E-state index in [1.54, 1.807) is 0 Å². The third kappa shape index (κ3) is 3.06. The summed E-state index contributed by atoms with van der Waals surface area (Å²) >= 11 is 3.59. The van der Waals surface area contributed by atoms with Crippen LogP contribution in [0.15, 0.2) is 22.7 Å². The summed E-state index contributed by atoms with van der Waals surface area (Å²) in [5, 5.41) is 8.91. The zero-order valence-corrected chi connectivity index (χ0v) is 13.3. The van der Waals surface area contributed by atoms with Crippen molar-refractivity contribution in [3.8, 4) is 6.07 Å². The number of likely N-dealkylation sites (tertiary alicyclic amines) is 2. The first-order valence-electron chi connectivity index (χ1n) is 7.41. The zero-order chi connectivity index (χ0) is 13.9. The Kier molecular flexibility index (Phi) is 4.40. The van der Waals surface area contributed by atoms with Crippen molar-refractivity contribution in [2.45, 2.75) is 31.8 Å². The SMILES string of the molecule is N#Cc1ccc(CN2CC[C@@H](N3CCCC3)C2)c(Br)c1. The predicted molar refractivity (Wildman–Crippen MR) is 83.3 cm³/mol. The number of rotatable bonds is 3. The maximum Gasteiger partial charge on any atom is 0.0992 e. The maximum atomic E-state index is 8.91. The van der Waals surface area contributed by atoms with Gasteiger partial charge in [0, 0.05) is 30.1 Å². The van der Waals surface area contributed by atoms with Gasteiger partial charge < -0.3 is 0 Å². The molecule has 0 saturated carbocycles. The summed E-state index contributed by atoms with van der Waals surface area (Å²) < 4.78 is 1.06. The molecular formula is C16H20BrN3. The van der Waals surface area contributed by atoms with Crippen molar-refractivity contribution in [1.29, 1.82) is 5.26 Å². The minimum absolute atomic E-state index is 0.719. The van der Waals surface area contributed by atoms with Gasteiger partial charge in [-0.15, -0.1) is 0 Å². The molecule has 0 spiro atoms. The second kappa shape index (κ2) is 6.26. The van der Waals surface area contributed by atoms with Gasteiger partial charge in [-0.25, -0.2) is 0 Å². The minimum Gasteiger partial charge on any atom is -0.299 e. The Morgan fingerprint density at radius 2 is 2.05 bits per heavy atom. The Morgan fingerprint density at radius 3 is 2.75 bits per heavy atom. The normalized spacial score (nSPS) is 24.1. The Morgan fingerprint density at radius 1 is 1.25 bits per heavy atom. The molecule has 4 heteroatoms. The van der Waals surface area contributed by atoms with Gasteiger partial charge in [-0.3, -0.25) is 9.80 Å². The molecule has 2 aliphatic heterocycles. The number of benzene rings is 1. The fourth-order valence-corrected chi connectivity index (χ4v) is 3.85. The van der Waals surface area contributed by atoms with Crippen LogP contribution in [0.2, 0.25) is 0 Å². The Balaban J connectivity index is 1.60. The molecule has 1 aromatic carbocycles. The largest absolute Gasteiger partial charge is 0.299 e. The van der Waals surface area contributed by atoms with Gasteiger partial charge in [0.15, 0.2) is 0 Å². The first kappa shape index (κ1) is 14.1. The zero-order valence-electron chi connectivity index (χ0n) is 11.7. The lowest BCUT2D eigenvalue weighted by molar-refractivity contribution is 0.230.